The molecule has 0 aliphatic carbocycles. The lowest BCUT2D eigenvalue weighted by atomic mass is 10.2. The van der Waals surface area contributed by atoms with E-state index in [2.05, 4.69) is 4.99 Å². The van der Waals surface area contributed by atoms with Crippen molar-refractivity contribution < 1.29 is 22.7 Å². The third kappa shape index (κ3) is 4.95. The number of anilines is 1. The van der Waals surface area contributed by atoms with Crippen molar-refractivity contribution in [1.82, 2.24) is 0 Å². The highest BCUT2D eigenvalue weighted by Crippen LogP contribution is 2.44. The quantitative estimate of drug-likeness (QED) is 0.618. The van der Waals surface area contributed by atoms with Crippen LogP contribution in [0.15, 0.2) is 47.5 Å². The van der Waals surface area contributed by atoms with E-state index in [1.807, 2.05) is 0 Å². The van der Waals surface area contributed by atoms with Crippen LogP contribution in [0.4, 0.5) is 5.69 Å². The van der Waals surface area contributed by atoms with E-state index < -0.39 is 15.7 Å². The number of amidine groups is 1. The molecule has 1 amide bonds. The Kier molecular flexibility index (Phi) is 6.39. The zero-order valence-corrected chi connectivity index (χ0v) is 19.5. The topological polar surface area (TPSA) is 85.3 Å². The molecule has 0 radical (unpaired) electrons. The van der Waals surface area contributed by atoms with Crippen LogP contribution in [0.25, 0.3) is 0 Å². The molecule has 0 bridgehead atoms. The number of carbonyl (C=O) groups is 1. The molecule has 0 N–H and O–H groups in total. The summed E-state index contributed by atoms with van der Waals surface area (Å²) >= 11 is 13.3. The monoisotopic (exact) mass is 500 g/mol. The minimum Gasteiger partial charge on any atom is -0.495 e. The number of sulfone groups is 1. The molecule has 2 saturated heterocycles. The van der Waals surface area contributed by atoms with E-state index in [9.17, 15) is 13.2 Å². The van der Waals surface area contributed by atoms with Gasteiger partial charge in [0.25, 0.3) is 5.91 Å². The Morgan fingerprint density at radius 3 is 2.58 bits per heavy atom. The number of benzene rings is 2. The number of aliphatic imine (C=N–C) groups is 1. The van der Waals surface area contributed by atoms with Gasteiger partial charge in [-0.25, -0.2) is 8.42 Å². The van der Waals surface area contributed by atoms with Gasteiger partial charge in [0.05, 0.1) is 30.3 Å². The Morgan fingerprint density at radius 2 is 1.87 bits per heavy atom. The van der Waals surface area contributed by atoms with Gasteiger partial charge in [0.15, 0.2) is 21.6 Å². The highest BCUT2D eigenvalue weighted by Gasteiger charge is 2.50. The van der Waals surface area contributed by atoms with E-state index >= 15 is 0 Å². The number of halogens is 2. The van der Waals surface area contributed by atoms with Gasteiger partial charge in [-0.2, -0.15) is 4.99 Å². The Hall–Kier alpha value is -1.94. The van der Waals surface area contributed by atoms with Crippen molar-refractivity contribution >= 4 is 61.6 Å². The Morgan fingerprint density at radius 1 is 1.16 bits per heavy atom. The second kappa shape index (κ2) is 8.90. The number of fused-ring (bicyclic) bond motifs is 1. The van der Waals surface area contributed by atoms with Gasteiger partial charge in [0.1, 0.15) is 11.5 Å². The molecule has 0 saturated carbocycles. The maximum absolute atomic E-state index is 12.5. The number of amides is 1. The summed E-state index contributed by atoms with van der Waals surface area (Å²) in [5.41, 5.74) is 0.567. The fraction of sp³-hybridized carbons (Fsp3) is 0.300. The van der Waals surface area contributed by atoms with Gasteiger partial charge in [-0.3, -0.25) is 4.79 Å². The molecule has 0 aromatic heterocycles. The van der Waals surface area contributed by atoms with Crippen LogP contribution in [0.3, 0.4) is 0 Å². The van der Waals surface area contributed by atoms with E-state index in [4.69, 9.17) is 32.7 Å². The van der Waals surface area contributed by atoms with Crippen molar-refractivity contribution in [3.8, 4) is 11.5 Å². The smallest absolute Gasteiger partial charge is 0.285 e. The zero-order chi connectivity index (χ0) is 22.2. The zero-order valence-electron chi connectivity index (χ0n) is 16.3. The van der Waals surface area contributed by atoms with Crippen molar-refractivity contribution in [3.05, 3.63) is 52.5 Å². The molecule has 164 valence electrons. The molecule has 0 spiro atoms. The van der Waals surface area contributed by atoms with E-state index in [1.54, 1.807) is 47.4 Å². The van der Waals surface area contributed by atoms with Gasteiger partial charge in [-0.05, 0) is 42.5 Å². The van der Waals surface area contributed by atoms with Crippen molar-refractivity contribution in [2.45, 2.75) is 11.3 Å². The highest BCUT2D eigenvalue weighted by atomic mass is 35.5. The third-order valence-corrected chi connectivity index (χ3v) is 8.56. The Labute approximate surface area is 194 Å². The average molecular weight is 501 g/mol. The van der Waals surface area contributed by atoms with Gasteiger partial charge in [0.2, 0.25) is 0 Å². The first-order chi connectivity index (χ1) is 14.8. The molecular formula is C20H18Cl2N2O5S2. The first-order valence-electron chi connectivity index (χ1n) is 9.25. The molecule has 4 rings (SSSR count). The average Bonchev–Trinajstić information content (AvgIpc) is 3.18. The largest absolute Gasteiger partial charge is 0.495 e. The number of hydrogen-bond donors (Lipinski definition) is 0. The Bertz CT molecular complexity index is 1140. The predicted octanol–water partition coefficient (Wildman–Crippen LogP) is 3.68. The van der Waals surface area contributed by atoms with Gasteiger partial charge >= 0.3 is 0 Å². The van der Waals surface area contributed by atoms with Crippen molar-refractivity contribution in [3.63, 3.8) is 0 Å². The number of thioether (sulfide) groups is 1. The summed E-state index contributed by atoms with van der Waals surface area (Å²) in [6.45, 7) is -0.264. The fourth-order valence-electron chi connectivity index (χ4n) is 3.51. The molecule has 0 unspecified atom stereocenters. The lowest BCUT2D eigenvalue weighted by Gasteiger charge is -2.26. The summed E-state index contributed by atoms with van der Waals surface area (Å²) in [6.07, 6.45) is 0. The number of ether oxygens (including phenoxy) is 2. The van der Waals surface area contributed by atoms with Crippen LogP contribution in [-0.2, 0) is 14.6 Å². The lowest BCUT2D eigenvalue weighted by molar-refractivity contribution is -0.119. The molecule has 2 aromatic rings. The Balaban J connectivity index is 1.61. The second-order valence-electron chi connectivity index (χ2n) is 7.02. The summed E-state index contributed by atoms with van der Waals surface area (Å²) < 4.78 is 35.4. The van der Waals surface area contributed by atoms with Crippen molar-refractivity contribution in [1.29, 1.82) is 0 Å². The van der Waals surface area contributed by atoms with Crippen LogP contribution in [0.2, 0.25) is 10.0 Å². The third-order valence-electron chi connectivity index (χ3n) is 4.86. The van der Waals surface area contributed by atoms with E-state index in [0.29, 0.717) is 32.4 Å². The number of methoxy groups -OCH3 is 1. The molecule has 7 nitrogen and oxygen atoms in total. The van der Waals surface area contributed by atoms with E-state index in [0.717, 1.165) is 0 Å². The minimum absolute atomic E-state index is 0.0240. The fourth-order valence-corrected chi connectivity index (χ4v) is 7.73. The highest BCUT2D eigenvalue weighted by molar-refractivity contribution is 8.16. The van der Waals surface area contributed by atoms with Crippen molar-refractivity contribution in [2.24, 2.45) is 4.99 Å². The van der Waals surface area contributed by atoms with Gasteiger partial charge in [-0.1, -0.05) is 35.0 Å². The molecule has 2 heterocycles. The van der Waals surface area contributed by atoms with Gasteiger partial charge < -0.3 is 14.4 Å². The summed E-state index contributed by atoms with van der Waals surface area (Å²) in [4.78, 5) is 18.5. The van der Waals surface area contributed by atoms with Crippen LogP contribution >= 0.6 is 35.0 Å². The van der Waals surface area contributed by atoms with Crippen LogP contribution in [-0.4, -0.2) is 56.0 Å². The standard InChI is InChI=1S/C20H18Cl2N2O5S2/c1-28-17-7-4-13(22)8-15(17)24-16-10-31(26,27)11-18(16)30-20(24)23-19(25)9-29-14-5-2-12(21)3-6-14/h2-8,16,18H,9-11H2,1H3/t16-,18-/m1/s1. The van der Waals surface area contributed by atoms with E-state index in [-0.39, 0.29) is 29.4 Å². The number of nitrogens with zero attached hydrogens (tertiary/aromatic N) is 2. The molecule has 2 aromatic carbocycles. The summed E-state index contributed by atoms with van der Waals surface area (Å²) in [6, 6.07) is 11.3. The maximum atomic E-state index is 12.5. The van der Waals surface area contributed by atoms with Crippen molar-refractivity contribution in [2.75, 3.05) is 30.1 Å². The summed E-state index contributed by atoms with van der Waals surface area (Å²) in [5, 5.41) is 1.18. The maximum Gasteiger partial charge on any atom is 0.285 e. The molecular weight excluding hydrogens is 483 g/mol. The molecule has 11 heteroatoms. The predicted molar refractivity (Wildman–Crippen MR) is 124 cm³/mol. The van der Waals surface area contributed by atoms with Crippen LogP contribution in [0, 0.1) is 0 Å². The number of hydrogen-bond acceptors (Lipinski definition) is 6. The molecule has 2 aliphatic heterocycles. The number of rotatable bonds is 5. The SMILES string of the molecule is COc1ccc(Cl)cc1N1C(=NC(=O)COc2ccc(Cl)cc2)S[C@@H]2CS(=O)(=O)C[C@H]21. The van der Waals surface area contributed by atoms with Crippen LogP contribution < -0.4 is 14.4 Å². The molecule has 2 aliphatic rings. The normalized spacial score (nSPS) is 23.1. The molecule has 31 heavy (non-hydrogen) atoms. The first-order valence-corrected chi connectivity index (χ1v) is 12.7. The van der Waals surface area contributed by atoms with Crippen LogP contribution in [0.5, 0.6) is 11.5 Å². The first kappa shape index (κ1) is 22.3. The molecule has 2 fully saturated rings. The molecule has 2 atom stereocenters. The second-order valence-corrected chi connectivity index (χ2v) is 11.3. The minimum atomic E-state index is -3.19. The summed E-state index contributed by atoms with van der Waals surface area (Å²) in [7, 11) is -1.67. The van der Waals surface area contributed by atoms with Gasteiger partial charge in [-0.15, -0.1) is 0 Å². The van der Waals surface area contributed by atoms with Crippen LogP contribution in [0.1, 0.15) is 0 Å². The lowest BCUT2D eigenvalue weighted by Crippen LogP contribution is -2.38. The summed E-state index contributed by atoms with van der Waals surface area (Å²) in [5.74, 6) is 0.498. The number of carbonyl (C=O) groups excluding carboxylic acids is 1. The van der Waals surface area contributed by atoms with Gasteiger partial charge in [0, 0.05) is 15.3 Å². The van der Waals surface area contributed by atoms with E-state index in [1.165, 1.54) is 18.9 Å².